The number of hydrogen-bond donors (Lipinski definition) is 0. The zero-order valence-electron chi connectivity index (χ0n) is 29.4. The van der Waals surface area contributed by atoms with E-state index in [-0.39, 0.29) is 0 Å². The lowest BCUT2D eigenvalue weighted by Gasteiger charge is -2.23. The molecule has 36 heavy (non-hydrogen) atoms. The molecule has 0 N–H and O–H groups in total. The van der Waals surface area contributed by atoms with Crippen molar-refractivity contribution in [3.05, 3.63) is 0 Å². The second kappa shape index (κ2) is 37.2. The number of hydrogen-bond acceptors (Lipinski definition) is 0. The monoisotopic (exact) mass is 515 g/mol. The average molecular weight is 515 g/mol. The summed E-state index contributed by atoms with van der Waals surface area (Å²) in [5.41, 5.74) is 0.625. The summed E-state index contributed by atoms with van der Waals surface area (Å²) in [6, 6.07) is 0. The Labute approximate surface area is 236 Å². The molecule has 0 rings (SSSR count). The summed E-state index contributed by atoms with van der Waals surface area (Å²) in [4.78, 5) is 0. The molecule has 0 heteroatoms. The highest BCUT2D eigenvalue weighted by atomic mass is 14.2. The maximum atomic E-state index is 2.35. The first kappa shape index (κ1) is 45.9. The van der Waals surface area contributed by atoms with Crippen molar-refractivity contribution in [3.8, 4) is 0 Å². The Bertz CT molecular complexity index is 311. The van der Waals surface area contributed by atoms with Crippen LogP contribution in [0.1, 0.15) is 207 Å². The van der Waals surface area contributed by atoms with Gasteiger partial charge in [-0.25, -0.2) is 0 Å². The van der Waals surface area contributed by atoms with Crippen LogP contribution < -0.4 is 0 Å². The van der Waals surface area contributed by atoms with E-state index in [1.807, 2.05) is 0 Å². The molecule has 0 aliphatic rings. The molecule has 0 nitrogen and oxygen atoms in total. The standard InChI is InChI=1S/C10H22.C8H18.C7H16.C6H14.C5H12/c1-4-5-6-7-8-9-10(2)3;1-5-8(4,6-2)7-3;1-4-5-6-7(2)3;1-4-5-6(2)3;1-4-5(2)3/h10H,4-9H2,1-3H3;5-7H2,1-4H3;7H,4-6H2,1-3H3;6H,4-5H2,1-3H3;5H,4H2,1-3H3. The van der Waals surface area contributed by atoms with Gasteiger partial charge in [0.1, 0.15) is 0 Å². The summed E-state index contributed by atoms with van der Waals surface area (Å²) in [5, 5.41) is 0. The maximum Gasteiger partial charge on any atom is -0.0334 e. The summed E-state index contributed by atoms with van der Waals surface area (Å²) in [6.07, 6.45) is 20.7. The van der Waals surface area contributed by atoms with Crippen LogP contribution in [0.5, 0.6) is 0 Å². The van der Waals surface area contributed by atoms with E-state index in [1.54, 1.807) is 0 Å². The fourth-order valence-electron chi connectivity index (χ4n) is 3.10. The molecule has 0 aliphatic carbocycles. The third-order valence-electron chi connectivity index (χ3n) is 7.26. The summed E-state index contributed by atoms with van der Waals surface area (Å²) in [7, 11) is 0. The molecule has 226 valence electrons. The summed E-state index contributed by atoms with van der Waals surface area (Å²) in [6.45, 7) is 36.2. The van der Waals surface area contributed by atoms with Crippen LogP contribution in [-0.4, -0.2) is 0 Å². The number of rotatable bonds is 15. The third-order valence-corrected chi connectivity index (χ3v) is 7.26. The molecule has 0 spiro atoms. The van der Waals surface area contributed by atoms with Gasteiger partial charge < -0.3 is 0 Å². The SMILES string of the molecule is CCC(C)(CC)CC.CCC(C)C.CCCC(C)C.CCCCC(C)C.CCCCCCCC(C)C. The van der Waals surface area contributed by atoms with Crippen molar-refractivity contribution in [2.45, 2.75) is 207 Å². The molecular formula is C36H82. The molecule has 0 aromatic heterocycles. The maximum absolute atomic E-state index is 2.35. The van der Waals surface area contributed by atoms with Gasteiger partial charge in [0.25, 0.3) is 0 Å². The highest BCUT2D eigenvalue weighted by Gasteiger charge is 2.15. The Hall–Kier alpha value is 0. The Balaban J connectivity index is -0.000000114. The molecule has 0 fully saturated rings. The third kappa shape index (κ3) is 59.2. The predicted octanol–water partition coefficient (Wildman–Crippen LogP) is 14.6. The lowest BCUT2D eigenvalue weighted by atomic mass is 9.82. The van der Waals surface area contributed by atoms with E-state index in [0.29, 0.717) is 5.41 Å². The van der Waals surface area contributed by atoms with Crippen molar-refractivity contribution in [1.82, 2.24) is 0 Å². The minimum absolute atomic E-state index is 0.625. The smallest absolute Gasteiger partial charge is 0.0334 e. The molecule has 0 aliphatic heterocycles. The Morgan fingerprint density at radius 2 is 0.722 bits per heavy atom. The molecule has 0 amide bonds. The van der Waals surface area contributed by atoms with Crippen LogP contribution in [0.3, 0.4) is 0 Å². The van der Waals surface area contributed by atoms with Crippen LogP contribution in [-0.2, 0) is 0 Å². The van der Waals surface area contributed by atoms with Gasteiger partial charge in [0.15, 0.2) is 0 Å². The van der Waals surface area contributed by atoms with Gasteiger partial charge in [-0.1, -0.05) is 207 Å². The van der Waals surface area contributed by atoms with Crippen molar-refractivity contribution in [3.63, 3.8) is 0 Å². The first-order valence-corrected chi connectivity index (χ1v) is 16.8. The van der Waals surface area contributed by atoms with Gasteiger partial charge in [-0.05, 0) is 29.1 Å². The zero-order chi connectivity index (χ0) is 29.4. The highest BCUT2D eigenvalue weighted by Crippen LogP contribution is 2.28. The van der Waals surface area contributed by atoms with Gasteiger partial charge in [-0.15, -0.1) is 0 Å². The zero-order valence-corrected chi connectivity index (χ0v) is 29.4. The number of unbranched alkanes of at least 4 members (excludes halogenated alkanes) is 5. The molecule has 0 aromatic rings. The summed E-state index contributed by atoms with van der Waals surface area (Å²) >= 11 is 0. The molecule has 0 radical (unpaired) electrons. The van der Waals surface area contributed by atoms with Gasteiger partial charge in [0, 0.05) is 0 Å². The second-order valence-electron chi connectivity index (χ2n) is 13.0. The van der Waals surface area contributed by atoms with E-state index in [0.717, 1.165) is 23.7 Å². The molecular weight excluding hydrogens is 432 g/mol. The van der Waals surface area contributed by atoms with Crippen LogP contribution in [0.2, 0.25) is 0 Å². The van der Waals surface area contributed by atoms with E-state index >= 15 is 0 Å². The van der Waals surface area contributed by atoms with E-state index in [4.69, 9.17) is 0 Å². The molecule has 0 saturated heterocycles. The van der Waals surface area contributed by atoms with E-state index in [1.165, 1.54) is 96.3 Å². The Morgan fingerprint density at radius 3 is 0.889 bits per heavy atom. The van der Waals surface area contributed by atoms with E-state index < -0.39 is 0 Å². The van der Waals surface area contributed by atoms with Crippen molar-refractivity contribution in [1.29, 1.82) is 0 Å². The molecule has 0 unspecified atom stereocenters. The van der Waals surface area contributed by atoms with Gasteiger partial charge >= 0.3 is 0 Å². The summed E-state index contributed by atoms with van der Waals surface area (Å²) < 4.78 is 0. The van der Waals surface area contributed by atoms with Crippen LogP contribution in [0, 0.1) is 29.1 Å². The van der Waals surface area contributed by atoms with Crippen molar-refractivity contribution < 1.29 is 0 Å². The highest BCUT2D eigenvalue weighted by molar-refractivity contribution is 4.67. The average Bonchev–Trinajstić information content (AvgIpc) is 2.83. The van der Waals surface area contributed by atoms with E-state index in [9.17, 15) is 0 Å². The first-order chi connectivity index (χ1) is 16.8. The van der Waals surface area contributed by atoms with Crippen LogP contribution in [0.25, 0.3) is 0 Å². The van der Waals surface area contributed by atoms with Gasteiger partial charge in [0.2, 0.25) is 0 Å². The Kier molecular flexibility index (Phi) is 47.4. The second-order valence-corrected chi connectivity index (χ2v) is 13.0. The normalized spacial score (nSPS) is 10.7. The quantitative estimate of drug-likeness (QED) is 0.190. The largest absolute Gasteiger partial charge is 0.0654 e. The van der Waals surface area contributed by atoms with Gasteiger partial charge in [-0.2, -0.15) is 0 Å². The topological polar surface area (TPSA) is 0 Å². The van der Waals surface area contributed by atoms with Crippen LogP contribution in [0.4, 0.5) is 0 Å². The van der Waals surface area contributed by atoms with Gasteiger partial charge in [0.05, 0.1) is 0 Å². The van der Waals surface area contributed by atoms with Crippen molar-refractivity contribution >= 4 is 0 Å². The minimum Gasteiger partial charge on any atom is -0.0654 e. The minimum atomic E-state index is 0.625. The summed E-state index contributed by atoms with van der Waals surface area (Å²) in [5.74, 6) is 3.59. The van der Waals surface area contributed by atoms with Crippen molar-refractivity contribution in [2.75, 3.05) is 0 Å². The molecule has 0 atom stereocenters. The molecule has 0 saturated carbocycles. The van der Waals surface area contributed by atoms with E-state index in [2.05, 4.69) is 111 Å². The molecule has 0 bridgehead atoms. The Morgan fingerprint density at radius 1 is 0.389 bits per heavy atom. The first-order valence-electron chi connectivity index (χ1n) is 16.8. The fraction of sp³-hybridized carbons (Fsp3) is 1.00. The predicted molar refractivity (Wildman–Crippen MR) is 176 cm³/mol. The van der Waals surface area contributed by atoms with Gasteiger partial charge in [-0.3, -0.25) is 0 Å². The molecule has 0 heterocycles. The van der Waals surface area contributed by atoms with Crippen LogP contribution >= 0.6 is 0 Å². The fourth-order valence-corrected chi connectivity index (χ4v) is 3.10. The van der Waals surface area contributed by atoms with Crippen LogP contribution in [0.15, 0.2) is 0 Å². The lowest BCUT2D eigenvalue weighted by molar-refractivity contribution is 0.286. The molecule has 0 aromatic carbocycles. The lowest BCUT2D eigenvalue weighted by Crippen LogP contribution is -2.10. The van der Waals surface area contributed by atoms with Crippen molar-refractivity contribution in [2.24, 2.45) is 29.1 Å².